The maximum atomic E-state index is 12.7. The van der Waals surface area contributed by atoms with Crippen LogP contribution >= 0.6 is 0 Å². The predicted molar refractivity (Wildman–Crippen MR) is 92.8 cm³/mol. The van der Waals surface area contributed by atoms with Gasteiger partial charge < -0.3 is 9.80 Å². The summed E-state index contributed by atoms with van der Waals surface area (Å²) in [5, 5.41) is 0. The molecule has 3 rings (SSSR count). The molecule has 2 aliphatic heterocycles. The van der Waals surface area contributed by atoms with Gasteiger partial charge in [0.25, 0.3) is 15.9 Å². The number of likely N-dealkylation sites (N-methyl/N-ethyl adjacent to an activating group) is 1. The predicted octanol–water partition coefficient (Wildman–Crippen LogP) is 1.70. The first-order valence-corrected chi connectivity index (χ1v) is 9.29. The van der Waals surface area contributed by atoms with E-state index in [0.717, 1.165) is 5.56 Å². The fourth-order valence-electron chi connectivity index (χ4n) is 2.66. The van der Waals surface area contributed by atoms with E-state index in [4.69, 9.17) is 0 Å². The van der Waals surface area contributed by atoms with E-state index in [2.05, 4.69) is 4.40 Å². The lowest BCUT2D eigenvalue weighted by Crippen LogP contribution is -2.38. The zero-order chi connectivity index (χ0) is 17.3. The van der Waals surface area contributed by atoms with Gasteiger partial charge in [0.15, 0.2) is 0 Å². The van der Waals surface area contributed by atoms with Gasteiger partial charge >= 0.3 is 0 Å². The SMILES string of the molecule is C[C@H](c1ccccc1)N(C)C(=O)C1=CN2CCS(=O)(=O)N=C2C=C1. The Morgan fingerprint density at radius 3 is 2.67 bits per heavy atom. The van der Waals surface area contributed by atoms with E-state index in [1.54, 1.807) is 35.2 Å². The third-order valence-corrected chi connectivity index (χ3v) is 5.42. The van der Waals surface area contributed by atoms with Crippen molar-refractivity contribution in [3.8, 4) is 0 Å². The van der Waals surface area contributed by atoms with Crippen LogP contribution in [0.15, 0.2) is 58.7 Å². The maximum absolute atomic E-state index is 12.7. The molecule has 1 amide bonds. The second kappa shape index (κ2) is 6.24. The summed E-state index contributed by atoms with van der Waals surface area (Å²) in [6.45, 7) is 2.28. The Morgan fingerprint density at radius 1 is 1.25 bits per heavy atom. The van der Waals surface area contributed by atoms with Crippen LogP contribution in [-0.4, -0.2) is 49.3 Å². The molecule has 0 spiro atoms. The normalized spacial score (nSPS) is 19.8. The zero-order valence-corrected chi connectivity index (χ0v) is 14.4. The van der Waals surface area contributed by atoms with Gasteiger partial charge in [-0.3, -0.25) is 4.79 Å². The molecule has 1 atom stereocenters. The number of amidine groups is 1. The van der Waals surface area contributed by atoms with E-state index in [1.165, 1.54) is 0 Å². The quantitative estimate of drug-likeness (QED) is 0.836. The van der Waals surface area contributed by atoms with E-state index in [0.29, 0.717) is 18.0 Å². The number of carbonyl (C=O) groups is 1. The van der Waals surface area contributed by atoms with Crippen LogP contribution in [0.25, 0.3) is 0 Å². The summed E-state index contributed by atoms with van der Waals surface area (Å²) in [4.78, 5) is 16.1. The van der Waals surface area contributed by atoms with Crippen LogP contribution in [-0.2, 0) is 14.8 Å². The smallest absolute Gasteiger partial charge is 0.256 e. The molecule has 0 fully saturated rings. The average Bonchev–Trinajstić information content (AvgIpc) is 2.59. The number of amides is 1. The molecule has 24 heavy (non-hydrogen) atoms. The Hall–Kier alpha value is -2.41. The summed E-state index contributed by atoms with van der Waals surface area (Å²) in [7, 11) is -1.62. The molecule has 2 aliphatic rings. The number of carbonyl (C=O) groups excluding carboxylic acids is 1. The maximum Gasteiger partial charge on any atom is 0.256 e. The van der Waals surface area contributed by atoms with Crippen LogP contribution in [0.2, 0.25) is 0 Å². The summed E-state index contributed by atoms with van der Waals surface area (Å²) < 4.78 is 26.8. The lowest BCUT2D eigenvalue weighted by Gasteiger charge is -2.30. The second-order valence-electron chi connectivity index (χ2n) is 5.85. The number of benzene rings is 1. The van der Waals surface area contributed by atoms with Gasteiger partial charge in [0.1, 0.15) is 5.84 Å². The molecule has 0 saturated heterocycles. The minimum atomic E-state index is -3.39. The first-order valence-electron chi connectivity index (χ1n) is 7.69. The second-order valence-corrected chi connectivity index (χ2v) is 7.60. The first-order chi connectivity index (χ1) is 11.4. The molecule has 0 radical (unpaired) electrons. The van der Waals surface area contributed by atoms with Crippen LogP contribution in [0.5, 0.6) is 0 Å². The molecule has 0 N–H and O–H groups in total. The summed E-state index contributed by atoms with van der Waals surface area (Å²) >= 11 is 0. The van der Waals surface area contributed by atoms with Crippen LogP contribution in [0.3, 0.4) is 0 Å². The molecule has 6 nitrogen and oxygen atoms in total. The van der Waals surface area contributed by atoms with Gasteiger partial charge in [0.05, 0.1) is 17.4 Å². The Kier molecular flexibility index (Phi) is 4.28. The van der Waals surface area contributed by atoms with Crippen molar-refractivity contribution in [2.45, 2.75) is 13.0 Å². The molecule has 2 heterocycles. The van der Waals surface area contributed by atoms with E-state index in [1.807, 2.05) is 37.3 Å². The third kappa shape index (κ3) is 3.26. The van der Waals surface area contributed by atoms with Crippen molar-refractivity contribution >= 4 is 21.8 Å². The van der Waals surface area contributed by atoms with E-state index >= 15 is 0 Å². The van der Waals surface area contributed by atoms with Gasteiger partial charge in [-0.05, 0) is 24.6 Å². The minimum absolute atomic E-state index is 0.0431. The van der Waals surface area contributed by atoms with Crippen molar-refractivity contribution in [3.63, 3.8) is 0 Å². The molecule has 7 heteroatoms. The van der Waals surface area contributed by atoms with E-state index < -0.39 is 10.0 Å². The fourth-order valence-corrected chi connectivity index (χ4v) is 3.63. The molecule has 1 aromatic rings. The van der Waals surface area contributed by atoms with Crippen molar-refractivity contribution in [3.05, 3.63) is 59.8 Å². The number of rotatable bonds is 3. The van der Waals surface area contributed by atoms with Crippen LogP contribution in [0.1, 0.15) is 18.5 Å². The number of nitrogens with zero attached hydrogens (tertiary/aromatic N) is 3. The summed E-state index contributed by atoms with van der Waals surface area (Å²) in [5.74, 6) is 0.199. The first kappa shape index (κ1) is 16.4. The summed E-state index contributed by atoms with van der Waals surface area (Å²) in [6, 6.07) is 9.74. The highest BCUT2D eigenvalue weighted by molar-refractivity contribution is 7.90. The largest absolute Gasteiger partial charge is 0.335 e. The summed E-state index contributed by atoms with van der Waals surface area (Å²) in [6.07, 6.45) is 4.86. The van der Waals surface area contributed by atoms with Crippen molar-refractivity contribution < 1.29 is 13.2 Å². The number of fused-ring (bicyclic) bond motifs is 1. The van der Waals surface area contributed by atoms with Crippen LogP contribution < -0.4 is 0 Å². The number of sulfonamides is 1. The molecule has 0 bridgehead atoms. The van der Waals surface area contributed by atoms with Crippen molar-refractivity contribution in [1.82, 2.24) is 9.80 Å². The van der Waals surface area contributed by atoms with Crippen molar-refractivity contribution in [2.75, 3.05) is 19.3 Å². The zero-order valence-electron chi connectivity index (χ0n) is 13.6. The number of hydrogen-bond acceptors (Lipinski definition) is 4. The van der Waals surface area contributed by atoms with Crippen molar-refractivity contribution in [2.24, 2.45) is 4.40 Å². The minimum Gasteiger partial charge on any atom is -0.335 e. The third-order valence-electron chi connectivity index (χ3n) is 4.25. The van der Waals surface area contributed by atoms with E-state index in [-0.39, 0.29) is 17.7 Å². The lowest BCUT2D eigenvalue weighted by atomic mass is 10.1. The molecular formula is C17H19N3O3S. The Bertz CT molecular complexity index is 841. The Morgan fingerprint density at radius 2 is 1.96 bits per heavy atom. The monoisotopic (exact) mass is 345 g/mol. The van der Waals surface area contributed by atoms with E-state index in [9.17, 15) is 13.2 Å². The molecule has 0 aromatic heterocycles. The fraction of sp³-hybridized carbons (Fsp3) is 0.294. The highest BCUT2D eigenvalue weighted by Crippen LogP contribution is 2.22. The van der Waals surface area contributed by atoms with Crippen molar-refractivity contribution in [1.29, 1.82) is 0 Å². The average molecular weight is 345 g/mol. The van der Waals surface area contributed by atoms with Gasteiger partial charge in [0, 0.05) is 19.8 Å². The summed E-state index contributed by atoms with van der Waals surface area (Å²) in [5.41, 5.74) is 1.57. The van der Waals surface area contributed by atoms with Crippen LogP contribution in [0.4, 0.5) is 0 Å². The number of hydrogen-bond donors (Lipinski definition) is 0. The lowest BCUT2D eigenvalue weighted by molar-refractivity contribution is -0.127. The molecular weight excluding hydrogens is 326 g/mol. The molecule has 0 saturated carbocycles. The highest BCUT2D eigenvalue weighted by Gasteiger charge is 2.27. The van der Waals surface area contributed by atoms with Crippen LogP contribution in [0, 0.1) is 0 Å². The van der Waals surface area contributed by atoms with Gasteiger partial charge in [-0.15, -0.1) is 4.40 Å². The topological polar surface area (TPSA) is 70.1 Å². The standard InChI is InChI=1S/C17H19N3O3S/c1-13(14-6-4-3-5-7-14)19(2)17(21)15-8-9-16-18-24(22,23)11-10-20(16)12-15/h3-9,12-13H,10-11H2,1-2H3/t13-/m1/s1. The van der Waals surface area contributed by atoms with Gasteiger partial charge in [-0.1, -0.05) is 30.3 Å². The van der Waals surface area contributed by atoms with Gasteiger partial charge in [-0.25, -0.2) is 8.42 Å². The van der Waals surface area contributed by atoms with Gasteiger partial charge in [0.2, 0.25) is 0 Å². The van der Waals surface area contributed by atoms with Gasteiger partial charge in [-0.2, -0.15) is 0 Å². The Balaban J connectivity index is 1.79. The molecule has 1 aromatic carbocycles. The Labute approximate surface area is 141 Å². The molecule has 0 unspecified atom stereocenters. The molecule has 126 valence electrons. The molecule has 0 aliphatic carbocycles. The highest BCUT2D eigenvalue weighted by atomic mass is 32.2.